The largest absolute Gasteiger partial charge is 0.501 e. The highest BCUT2D eigenvalue weighted by molar-refractivity contribution is 6.46. The number of hydrogen-bond donors (Lipinski definition) is 3. The van der Waals surface area contributed by atoms with E-state index >= 15 is 0 Å². The Labute approximate surface area is 168 Å². The van der Waals surface area contributed by atoms with E-state index in [4.69, 9.17) is 9.73 Å². The van der Waals surface area contributed by atoms with Crippen molar-refractivity contribution < 1.29 is 9.84 Å². The third-order valence-corrected chi connectivity index (χ3v) is 5.02. The van der Waals surface area contributed by atoms with Crippen molar-refractivity contribution in [3.63, 3.8) is 0 Å². The highest BCUT2D eigenvalue weighted by atomic mass is 16.5. The molecule has 1 aliphatic carbocycles. The number of fused-ring (bicyclic) bond motifs is 1. The highest BCUT2D eigenvalue weighted by Gasteiger charge is 2.32. The predicted molar refractivity (Wildman–Crippen MR) is 113 cm³/mol. The zero-order chi connectivity index (χ0) is 20.3. The van der Waals surface area contributed by atoms with E-state index in [1.807, 2.05) is 40.0 Å². The van der Waals surface area contributed by atoms with Crippen molar-refractivity contribution in [3.8, 4) is 0 Å². The molecule has 0 amide bonds. The summed E-state index contributed by atoms with van der Waals surface area (Å²) >= 11 is 0. The average molecular weight is 388 g/mol. The normalized spacial score (nSPS) is 23.2. The van der Waals surface area contributed by atoms with Crippen LogP contribution in [0.3, 0.4) is 0 Å². The molecule has 0 saturated heterocycles. The number of methoxy groups -OCH3 is 1. The molecule has 154 valence electrons. The fourth-order valence-electron chi connectivity index (χ4n) is 3.82. The Hall–Kier alpha value is -2.12. The molecule has 0 radical (unpaired) electrons. The number of amidine groups is 1. The van der Waals surface area contributed by atoms with Crippen molar-refractivity contribution in [2.75, 3.05) is 20.7 Å². The lowest BCUT2D eigenvalue weighted by Gasteiger charge is -2.34. The Kier molecular flexibility index (Phi) is 6.25. The minimum absolute atomic E-state index is 0.149. The molecule has 28 heavy (non-hydrogen) atoms. The van der Waals surface area contributed by atoms with Crippen LogP contribution in [0.4, 0.5) is 0 Å². The topological polar surface area (TPSA) is 81.5 Å². The van der Waals surface area contributed by atoms with Crippen LogP contribution in [0.15, 0.2) is 45.5 Å². The molecule has 0 aromatic rings. The van der Waals surface area contributed by atoms with Crippen molar-refractivity contribution in [2.45, 2.75) is 64.3 Å². The third-order valence-electron chi connectivity index (χ3n) is 5.02. The van der Waals surface area contributed by atoms with E-state index in [9.17, 15) is 5.11 Å². The first kappa shape index (κ1) is 20.6. The summed E-state index contributed by atoms with van der Waals surface area (Å²) in [4.78, 5) is 11.6. The number of allylic oxidation sites excluding steroid dienone is 1. The number of nitrogens with one attached hydrogen (secondary N) is 2. The predicted octanol–water partition coefficient (Wildman–Crippen LogP) is 2.28. The number of nitrogens with zero attached hydrogens (tertiary/aromatic N) is 3. The van der Waals surface area contributed by atoms with Crippen LogP contribution in [0, 0.1) is 0 Å². The first-order valence-electron chi connectivity index (χ1n) is 9.99. The Morgan fingerprint density at radius 3 is 2.93 bits per heavy atom. The Morgan fingerprint density at radius 1 is 1.43 bits per heavy atom. The van der Waals surface area contributed by atoms with Crippen LogP contribution in [0.25, 0.3) is 0 Å². The van der Waals surface area contributed by atoms with Crippen molar-refractivity contribution in [3.05, 3.63) is 35.5 Å². The lowest BCUT2D eigenvalue weighted by molar-refractivity contribution is 0.0793. The van der Waals surface area contributed by atoms with Gasteiger partial charge in [0.2, 0.25) is 0 Å². The molecule has 7 nitrogen and oxygen atoms in total. The number of aliphatic hydroxyl groups is 1. The number of aliphatic hydroxyl groups excluding tert-OH is 1. The van der Waals surface area contributed by atoms with Gasteiger partial charge in [-0.1, -0.05) is 6.08 Å². The van der Waals surface area contributed by atoms with Gasteiger partial charge in [-0.3, -0.25) is 15.3 Å². The van der Waals surface area contributed by atoms with Gasteiger partial charge in [-0.15, -0.1) is 0 Å². The Morgan fingerprint density at radius 2 is 2.21 bits per heavy atom. The summed E-state index contributed by atoms with van der Waals surface area (Å²) in [7, 11) is 3.68. The summed E-state index contributed by atoms with van der Waals surface area (Å²) < 4.78 is 5.43. The highest BCUT2D eigenvalue weighted by Crippen LogP contribution is 2.33. The van der Waals surface area contributed by atoms with Crippen molar-refractivity contribution in [1.82, 2.24) is 15.5 Å². The van der Waals surface area contributed by atoms with Crippen molar-refractivity contribution >= 4 is 11.5 Å². The summed E-state index contributed by atoms with van der Waals surface area (Å²) in [5.74, 6) is 2.65. The molecule has 3 N–H and O–H groups in total. The fraction of sp³-hybridized carbons (Fsp3) is 0.619. The fourth-order valence-corrected chi connectivity index (χ4v) is 3.82. The molecule has 2 heterocycles. The molecule has 2 unspecified atom stereocenters. The van der Waals surface area contributed by atoms with E-state index in [0.29, 0.717) is 6.54 Å². The number of likely N-dealkylation sites (N-methyl/N-ethyl adjacent to an activating group) is 1. The maximum atomic E-state index is 10.5. The lowest BCUT2D eigenvalue weighted by atomic mass is 10.1. The average Bonchev–Trinajstić information content (AvgIpc) is 2.95. The van der Waals surface area contributed by atoms with Crippen LogP contribution in [0.2, 0.25) is 0 Å². The van der Waals surface area contributed by atoms with Crippen LogP contribution < -0.4 is 10.6 Å². The van der Waals surface area contributed by atoms with E-state index < -0.39 is 6.23 Å². The number of rotatable bonds is 6. The lowest BCUT2D eigenvalue weighted by Crippen LogP contribution is -2.50. The molecule has 7 heteroatoms. The summed E-state index contributed by atoms with van der Waals surface area (Å²) in [6.07, 6.45) is 9.02. The molecule has 2 atom stereocenters. The molecule has 0 aromatic carbocycles. The zero-order valence-electron chi connectivity index (χ0n) is 17.6. The molecule has 2 aliphatic heterocycles. The van der Waals surface area contributed by atoms with Crippen LogP contribution in [-0.4, -0.2) is 60.1 Å². The maximum absolute atomic E-state index is 10.5. The second kappa shape index (κ2) is 8.49. The van der Waals surface area contributed by atoms with E-state index in [-0.39, 0.29) is 11.6 Å². The van der Waals surface area contributed by atoms with Crippen molar-refractivity contribution in [1.29, 1.82) is 0 Å². The second-order valence-electron chi connectivity index (χ2n) is 8.59. The summed E-state index contributed by atoms with van der Waals surface area (Å²) in [6.45, 7) is 6.62. The number of hydrogen-bond acceptors (Lipinski definition) is 7. The van der Waals surface area contributed by atoms with Crippen molar-refractivity contribution in [2.24, 2.45) is 9.98 Å². The quantitative estimate of drug-likeness (QED) is 0.609. The van der Waals surface area contributed by atoms with E-state index in [0.717, 1.165) is 48.8 Å². The van der Waals surface area contributed by atoms with E-state index in [1.54, 1.807) is 13.3 Å². The zero-order valence-corrected chi connectivity index (χ0v) is 17.6. The van der Waals surface area contributed by atoms with Gasteiger partial charge in [-0.05, 0) is 45.6 Å². The standard InChI is InChI=1S/C21H33N5O2/c1-21(2,3)25-18(27)13-26(4)20-15-9-6-10-16(15)23-19(24-20)17-12-14(28-5)8-7-11-22-17/h7,11-12,16,18,25,27H,6,8-10,13H2,1-5H3,(H,23,24). The SMILES string of the molecule is COC1=CC(C2=NC3CCCC3=C(N(C)CC(O)NC(C)(C)C)N2)=NC=CC1. The monoisotopic (exact) mass is 387 g/mol. The van der Waals surface area contributed by atoms with Crippen LogP contribution >= 0.6 is 0 Å². The molecule has 3 aliphatic rings. The number of ether oxygens (including phenoxy) is 1. The van der Waals surface area contributed by atoms with Gasteiger partial charge in [-0.25, -0.2) is 0 Å². The summed E-state index contributed by atoms with van der Waals surface area (Å²) in [6, 6.07) is 0.177. The van der Waals surface area contributed by atoms with Crippen LogP contribution in [0.5, 0.6) is 0 Å². The Bertz CT molecular complexity index is 742. The minimum Gasteiger partial charge on any atom is -0.501 e. The first-order valence-corrected chi connectivity index (χ1v) is 9.99. The van der Waals surface area contributed by atoms with Gasteiger partial charge in [0.05, 0.1) is 19.7 Å². The van der Waals surface area contributed by atoms with Gasteiger partial charge >= 0.3 is 0 Å². The van der Waals surface area contributed by atoms with Gasteiger partial charge in [0.1, 0.15) is 23.5 Å². The number of aliphatic imine (C=N–C) groups is 2. The first-order chi connectivity index (χ1) is 13.3. The molecule has 0 aromatic heterocycles. The molecule has 1 saturated carbocycles. The van der Waals surface area contributed by atoms with Gasteiger partial charge in [0.15, 0.2) is 5.84 Å². The van der Waals surface area contributed by atoms with Gasteiger partial charge in [0, 0.05) is 31.3 Å². The van der Waals surface area contributed by atoms with Crippen LogP contribution in [0.1, 0.15) is 46.5 Å². The molecule has 1 fully saturated rings. The summed E-state index contributed by atoms with van der Waals surface area (Å²) in [5, 5.41) is 17.2. The van der Waals surface area contributed by atoms with Crippen LogP contribution in [-0.2, 0) is 4.74 Å². The minimum atomic E-state index is -0.625. The van der Waals surface area contributed by atoms with Gasteiger partial charge in [-0.2, -0.15) is 0 Å². The van der Waals surface area contributed by atoms with E-state index in [1.165, 1.54) is 5.57 Å². The smallest absolute Gasteiger partial charge is 0.153 e. The maximum Gasteiger partial charge on any atom is 0.153 e. The van der Waals surface area contributed by atoms with E-state index in [2.05, 4.69) is 20.5 Å². The van der Waals surface area contributed by atoms with Gasteiger partial charge in [0.25, 0.3) is 0 Å². The second-order valence-corrected chi connectivity index (χ2v) is 8.59. The molecular formula is C21H33N5O2. The molecule has 3 rings (SSSR count). The molecular weight excluding hydrogens is 354 g/mol. The third kappa shape index (κ3) is 5.02. The molecule has 0 spiro atoms. The molecule has 0 bridgehead atoms. The van der Waals surface area contributed by atoms with Gasteiger partial charge < -0.3 is 20.1 Å². The Balaban J connectivity index is 1.80. The summed E-state index contributed by atoms with van der Waals surface area (Å²) in [5.41, 5.74) is 1.94.